The van der Waals surface area contributed by atoms with E-state index in [1.165, 1.54) is 38.1 Å². The molecule has 1 aliphatic carbocycles. The van der Waals surface area contributed by atoms with Gasteiger partial charge in [0.25, 0.3) is 0 Å². The third-order valence-electron chi connectivity index (χ3n) is 6.19. The summed E-state index contributed by atoms with van der Waals surface area (Å²) in [5.74, 6) is 1.26. The molecule has 1 aromatic carbocycles. The summed E-state index contributed by atoms with van der Waals surface area (Å²) in [6.45, 7) is 9.35. The molecule has 1 fully saturated rings. The van der Waals surface area contributed by atoms with Crippen molar-refractivity contribution in [3.63, 3.8) is 0 Å². The molecule has 2 aromatic heterocycles. The number of anilines is 1. The molecule has 1 N–H and O–H groups in total. The fraction of sp³-hybridized carbons (Fsp3) is 0.385. The smallest absolute Gasteiger partial charge is 0.142 e. The second kappa shape index (κ2) is 10.0. The van der Waals surface area contributed by atoms with Gasteiger partial charge in [0.15, 0.2) is 0 Å². The van der Waals surface area contributed by atoms with Gasteiger partial charge in [-0.3, -0.25) is 4.98 Å². The largest absolute Gasteiger partial charge is 0.370 e. The highest BCUT2D eigenvalue weighted by molar-refractivity contribution is 5.88. The van der Waals surface area contributed by atoms with E-state index >= 15 is 0 Å². The van der Waals surface area contributed by atoms with Gasteiger partial charge in [0.2, 0.25) is 0 Å². The lowest BCUT2D eigenvalue weighted by molar-refractivity contribution is 0.0850. The van der Waals surface area contributed by atoms with Crippen molar-refractivity contribution in [2.75, 3.05) is 25.0 Å². The van der Waals surface area contributed by atoms with Crippen molar-refractivity contribution in [2.45, 2.75) is 38.6 Å². The molecule has 4 nitrogen and oxygen atoms in total. The minimum atomic E-state index is -0.324. The van der Waals surface area contributed by atoms with Crippen LogP contribution >= 0.6 is 0 Å². The van der Waals surface area contributed by atoms with Crippen molar-refractivity contribution in [3.05, 3.63) is 67.4 Å². The lowest BCUT2D eigenvalue weighted by Crippen LogP contribution is -2.47. The maximum Gasteiger partial charge on any atom is 0.142 e. The van der Waals surface area contributed by atoms with Crippen LogP contribution in [0.5, 0.6) is 0 Å². The summed E-state index contributed by atoms with van der Waals surface area (Å²) in [4.78, 5) is 11.2. The van der Waals surface area contributed by atoms with Gasteiger partial charge in [-0.05, 0) is 67.3 Å². The zero-order valence-corrected chi connectivity index (χ0v) is 18.2. The van der Waals surface area contributed by atoms with Gasteiger partial charge in [0, 0.05) is 43.9 Å². The summed E-state index contributed by atoms with van der Waals surface area (Å²) in [6.07, 6.45) is 11.6. The van der Waals surface area contributed by atoms with Crippen molar-refractivity contribution >= 4 is 16.6 Å². The van der Waals surface area contributed by atoms with Crippen LogP contribution < -0.4 is 5.32 Å². The minimum absolute atomic E-state index is 0. The first-order valence-corrected chi connectivity index (χ1v) is 11.3. The van der Waals surface area contributed by atoms with Crippen LogP contribution in [-0.2, 0) is 0 Å². The highest BCUT2D eigenvalue weighted by atomic mass is 19.1. The molecule has 1 aliphatic rings. The van der Waals surface area contributed by atoms with Gasteiger partial charge < -0.3 is 10.2 Å². The van der Waals surface area contributed by atoms with E-state index < -0.39 is 0 Å². The Kier molecular flexibility index (Phi) is 6.92. The molecule has 0 unspecified atom stereocenters. The number of aromatic nitrogens is 2. The van der Waals surface area contributed by atoms with E-state index in [1.807, 2.05) is 24.4 Å². The normalized spacial score (nSPS) is 18.2. The van der Waals surface area contributed by atoms with Crippen LogP contribution in [0.1, 0.15) is 34.0 Å². The van der Waals surface area contributed by atoms with E-state index in [-0.39, 0.29) is 7.24 Å². The van der Waals surface area contributed by atoms with Crippen molar-refractivity contribution < 1.29 is 5.82 Å². The molecule has 2 heterocycles. The van der Waals surface area contributed by atoms with Crippen molar-refractivity contribution in [1.29, 1.82) is 0 Å². The van der Waals surface area contributed by atoms with Crippen LogP contribution in [0.25, 0.3) is 21.9 Å². The lowest BCUT2D eigenvalue weighted by Gasteiger charge is -2.43. The predicted octanol–water partition coefficient (Wildman–Crippen LogP) is 6.16. The molecule has 0 atom stereocenters. The van der Waals surface area contributed by atoms with E-state index in [0.29, 0.717) is 12.0 Å². The van der Waals surface area contributed by atoms with Crippen LogP contribution in [0.2, 0.25) is 0 Å². The average molecular weight is 421 g/mol. The van der Waals surface area contributed by atoms with Crippen LogP contribution in [0.4, 0.5) is 10.2 Å². The summed E-state index contributed by atoms with van der Waals surface area (Å²) in [6, 6.07) is 10.4. The summed E-state index contributed by atoms with van der Waals surface area (Å²) in [5.41, 5.74) is 1.73. The number of nitrogens with one attached hydrogen (secondary N) is 1. The molecule has 4 rings (SSSR count). The number of halogens is 1. The zero-order chi connectivity index (χ0) is 21.6. The molecule has 0 aliphatic heterocycles. The van der Waals surface area contributed by atoms with Crippen molar-refractivity contribution in [1.82, 2.24) is 14.9 Å². The number of benzene rings is 1. The number of pyridine rings is 2. The summed E-state index contributed by atoms with van der Waals surface area (Å²) >= 11 is 0. The van der Waals surface area contributed by atoms with E-state index in [9.17, 15) is 4.39 Å². The first kappa shape index (κ1) is 21.4. The number of hydrogen-bond acceptors (Lipinski definition) is 4. The Morgan fingerprint density at radius 3 is 2.77 bits per heavy atom. The molecule has 31 heavy (non-hydrogen) atoms. The monoisotopic (exact) mass is 420 g/mol. The molecule has 0 bridgehead atoms. The Bertz CT molecular complexity index is 1040. The number of fused-ring (bicyclic) bond motifs is 1. The Balaban J connectivity index is 0.00000289. The fourth-order valence-corrected chi connectivity index (χ4v) is 4.42. The van der Waals surface area contributed by atoms with Crippen LogP contribution in [0.3, 0.4) is 0 Å². The topological polar surface area (TPSA) is 41.0 Å². The van der Waals surface area contributed by atoms with Gasteiger partial charge in [-0.25, -0.2) is 9.37 Å². The highest BCUT2D eigenvalue weighted by Gasteiger charge is 2.32. The fourth-order valence-electron chi connectivity index (χ4n) is 4.42. The van der Waals surface area contributed by atoms with Crippen molar-refractivity contribution in [2.24, 2.45) is 5.92 Å². The van der Waals surface area contributed by atoms with Gasteiger partial charge in [0.1, 0.15) is 11.6 Å². The summed E-state index contributed by atoms with van der Waals surface area (Å²) < 4.78 is 13.5. The average Bonchev–Trinajstić information content (AvgIpc) is 2.75. The standard InChI is InChI=1S/C26H31FN4.H2/c1-3-5-9-31(8-4-2)25-10-19(11-25)15-29-26-14-22-12-20(6-7-21(22)17-30-26)23-13-24(27)18-28-16-23;/h3,6-7,12-14,16-19,25H,1,4-5,8-11,15H2,2H3,(H,29,30);1H. The van der Waals surface area contributed by atoms with E-state index in [1.54, 1.807) is 6.20 Å². The van der Waals surface area contributed by atoms with Crippen LogP contribution in [0, 0.1) is 11.7 Å². The maximum absolute atomic E-state index is 13.5. The van der Waals surface area contributed by atoms with Crippen molar-refractivity contribution in [3.8, 4) is 11.1 Å². The molecule has 0 amide bonds. The molecule has 164 valence electrons. The molecule has 0 radical (unpaired) electrons. The third-order valence-corrected chi connectivity index (χ3v) is 6.19. The van der Waals surface area contributed by atoms with Gasteiger partial charge in [0.05, 0.1) is 6.20 Å². The molecule has 0 saturated heterocycles. The molecule has 3 aromatic rings. The van der Waals surface area contributed by atoms with Crippen LogP contribution in [-0.4, -0.2) is 40.5 Å². The van der Waals surface area contributed by atoms with Crippen LogP contribution in [0.15, 0.2) is 61.6 Å². The molecular formula is C26H33FN4. The molecule has 1 saturated carbocycles. The first-order chi connectivity index (χ1) is 15.2. The first-order valence-electron chi connectivity index (χ1n) is 11.3. The Labute approximate surface area is 185 Å². The number of hydrogen-bond donors (Lipinski definition) is 1. The summed E-state index contributed by atoms with van der Waals surface area (Å²) in [7, 11) is 0. The van der Waals surface area contributed by atoms with Gasteiger partial charge in [-0.2, -0.15) is 0 Å². The lowest BCUT2D eigenvalue weighted by atomic mass is 9.79. The highest BCUT2D eigenvalue weighted by Crippen LogP contribution is 2.32. The quantitative estimate of drug-likeness (QED) is 0.399. The number of nitrogens with zero attached hydrogens (tertiary/aromatic N) is 3. The van der Waals surface area contributed by atoms with Gasteiger partial charge >= 0.3 is 0 Å². The Hall–Kier alpha value is -2.79. The van der Waals surface area contributed by atoms with E-state index in [4.69, 9.17) is 0 Å². The molecular weight excluding hydrogens is 387 g/mol. The Morgan fingerprint density at radius 2 is 2.00 bits per heavy atom. The second-order valence-electron chi connectivity index (χ2n) is 8.51. The maximum atomic E-state index is 13.5. The van der Waals surface area contributed by atoms with E-state index in [2.05, 4.69) is 45.8 Å². The zero-order valence-electron chi connectivity index (χ0n) is 18.2. The summed E-state index contributed by atoms with van der Waals surface area (Å²) in [5, 5.41) is 5.68. The minimum Gasteiger partial charge on any atom is -0.370 e. The molecule has 5 heteroatoms. The number of rotatable bonds is 10. The van der Waals surface area contributed by atoms with Gasteiger partial charge in [-0.1, -0.05) is 25.1 Å². The molecule has 0 spiro atoms. The third kappa shape index (κ3) is 5.28. The predicted molar refractivity (Wildman–Crippen MR) is 129 cm³/mol. The Morgan fingerprint density at radius 1 is 1.13 bits per heavy atom. The van der Waals surface area contributed by atoms with Gasteiger partial charge in [-0.15, -0.1) is 6.58 Å². The SMILES string of the molecule is C=CCCN(CCC)C1CC(CNc2cc3cc(-c4cncc(F)c4)ccc3cn2)C1.[HH]. The van der Waals surface area contributed by atoms with E-state index in [0.717, 1.165) is 47.2 Å². The second-order valence-corrected chi connectivity index (χ2v) is 8.51.